The maximum Gasteiger partial charge on any atom is 0.416 e. The van der Waals surface area contributed by atoms with Crippen LogP contribution in [0.15, 0.2) is 36.4 Å². The average molecular weight is 320 g/mol. The Morgan fingerprint density at radius 2 is 1.70 bits per heavy atom. The van der Waals surface area contributed by atoms with Crippen LogP contribution in [0.25, 0.3) is 11.1 Å². The van der Waals surface area contributed by atoms with E-state index < -0.39 is 11.7 Å². The Morgan fingerprint density at radius 3 is 2.25 bits per heavy atom. The molecule has 2 N–H and O–H groups in total. The maximum atomic E-state index is 13.0. The first-order chi connectivity index (χ1) is 9.32. The average Bonchev–Trinajstić information content (AvgIpc) is 2.37. The summed E-state index contributed by atoms with van der Waals surface area (Å²) in [5.74, 6) is 0. The Kier molecular flexibility index (Phi) is 4.28. The van der Waals surface area contributed by atoms with Crippen LogP contribution in [0, 0.1) is 0 Å². The molecule has 2 rings (SSSR count). The number of hydrogen-bond acceptors (Lipinski definition) is 1. The van der Waals surface area contributed by atoms with Crippen molar-refractivity contribution in [1.82, 2.24) is 0 Å². The van der Waals surface area contributed by atoms with Gasteiger partial charge in [0.15, 0.2) is 0 Å². The van der Waals surface area contributed by atoms with Crippen LogP contribution in [0.5, 0.6) is 0 Å². The highest BCUT2D eigenvalue weighted by Crippen LogP contribution is 2.37. The van der Waals surface area contributed by atoms with Crippen molar-refractivity contribution in [2.24, 2.45) is 5.73 Å². The van der Waals surface area contributed by atoms with Crippen molar-refractivity contribution in [2.45, 2.75) is 12.7 Å². The van der Waals surface area contributed by atoms with Gasteiger partial charge in [0.2, 0.25) is 0 Å². The zero-order chi connectivity index (χ0) is 14.9. The summed E-state index contributed by atoms with van der Waals surface area (Å²) in [5.41, 5.74) is 5.51. The summed E-state index contributed by atoms with van der Waals surface area (Å²) >= 11 is 11.8. The van der Waals surface area contributed by atoms with Gasteiger partial charge in [-0.05, 0) is 29.3 Å². The SMILES string of the molecule is NCc1ccc(-c2ccc(Cl)cc2Cl)cc1C(F)(F)F. The molecule has 0 bridgehead atoms. The second kappa shape index (κ2) is 5.64. The predicted molar refractivity (Wildman–Crippen MR) is 74.8 cm³/mol. The smallest absolute Gasteiger partial charge is 0.326 e. The maximum absolute atomic E-state index is 13.0. The minimum atomic E-state index is -4.45. The van der Waals surface area contributed by atoms with Gasteiger partial charge >= 0.3 is 6.18 Å². The highest BCUT2D eigenvalue weighted by Gasteiger charge is 2.33. The largest absolute Gasteiger partial charge is 0.416 e. The Bertz CT molecular complexity index is 639. The lowest BCUT2D eigenvalue weighted by Crippen LogP contribution is -2.12. The molecule has 0 atom stereocenters. The summed E-state index contributed by atoms with van der Waals surface area (Å²) in [4.78, 5) is 0. The van der Waals surface area contributed by atoms with Gasteiger partial charge in [-0.1, -0.05) is 41.4 Å². The zero-order valence-electron chi connectivity index (χ0n) is 10.1. The van der Waals surface area contributed by atoms with E-state index in [9.17, 15) is 13.2 Å². The van der Waals surface area contributed by atoms with E-state index in [-0.39, 0.29) is 12.1 Å². The molecule has 106 valence electrons. The highest BCUT2D eigenvalue weighted by atomic mass is 35.5. The van der Waals surface area contributed by atoms with Crippen LogP contribution in [0.2, 0.25) is 10.0 Å². The van der Waals surface area contributed by atoms with Crippen LogP contribution in [0.4, 0.5) is 13.2 Å². The fraction of sp³-hybridized carbons (Fsp3) is 0.143. The summed E-state index contributed by atoms with van der Waals surface area (Å²) in [6.45, 7) is -0.177. The number of alkyl halides is 3. The molecule has 0 aliphatic rings. The molecule has 0 amide bonds. The summed E-state index contributed by atoms with van der Waals surface area (Å²) in [7, 11) is 0. The molecule has 2 aromatic rings. The van der Waals surface area contributed by atoms with E-state index in [0.29, 0.717) is 21.2 Å². The van der Waals surface area contributed by atoms with E-state index in [4.69, 9.17) is 28.9 Å². The second-order valence-corrected chi connectivity index (χ2v) is 5.04. The van der Waals surface area contributed by atoms with Gasteiger partial charge < -0.3 is 5.73 Å². The van der Waals surface area contributed by atoms with Gasteiger partial charge in [-0.3, -0.25) is 0 Å². The van der Waals surface area contributed by atoms with Crippen LogP contribution in [-0.2, 0) is 12.7 Å². The fourth-order valence-corrected chi connectivity index (χ4v) is 2.43. The van der Waals surface area contributed by atoms with E-state index in [0.717, 1.165) is 6.07 Å². The predicted octanol–water partition coefficient (Wildman–Crippen LogP) is 5.14. The van der Waals surface area contributed by atoms with Crippen molar-refractivity contribution in [3.63, 3.8) is 0 Å². The molecule has 0 heterocycles. The van der Waals surface area contributed by atoms with Crippen LogP contribution < -0.4 is 5.73 Å². The third kappa shape index (κ3) is 3.08. The molecule has 0 radical (unpaired) electrons. The van der Waals surface area contributed by atoms with Gasteiger partial charge in [-0.2, -0.15) is 13.2 Å². The number of hydrogen-bond donors (Lipinski definition) is 1. The fourth-order valence-electron chi connectivity index (χ4n) is 1.91. The molecule has 20 heavy (non-hydrogen) atoms. The monoisotopic (exact) mass is 319 g/mol. The van der Waals surface area contributed by atoms with Crippen molar-refractivity contribution in [2.75, 3.05) is 0 Å². The summed E-state index contributed by atoms with van der Waals surface area (Å²) in [5, 5.41) is 0.722. The third-order valence-corrected chi connectivity index (χ3v) is 3.43. The molecule has 0 aliphatic carbocycles. The minimum Gasteiger partial charge on any atom is -0.326 e. The molecule has 0 unspecified atom stereocenters. The standard InChI is InChI=1S/C14H10Cl2F3N/c15-10-3-4-11(13(16)6-10)8-1-2-9(7-20)12(5-8)14(17,18)19/h1-6H,7,20H2. The number of nitrogens with two attached hydrogens (primary N) is 1. The van der Waals surface area contributed by atoms with Crippen molar-refractivity contribution >= 4 is 23.2 Å². The first-order valence-corrected chi connectivity index (χ1v) is 6.44. The van der Waals surface area contributed by atoms with Crippen LogP contribution in [-0.4, -0.2) is 0 Å². The topological polar surface area (TPSA) is 26.0 Å². The van der Waals surface area contributed by atoms with Crippen molar-refractivity contribution < 1.29 is 13.2 Å². The third-order valence-electron chi connectivity index (χ3n) is 2.88. The van der Waals surface area contributed by atoms with Gasteiger partial charge in [0, 0.05) is 22.2 Å². The van der Waals surface area contributed by atoms with E-state index in [1.165, 1.54) is 12.1 Å². The Morgan fingerprint density at radius 1 is 1.00 bits per heavy atom. The molecule has 0 saturated heterocycles. The molecular weight excluding hydrogens is 310 g/mol. The summed E-state index contributed by atoms with van der Waals surface area (Å²) < 4.78 is 39.0. The van der Waals surface area contributed by atoms with Crippen molar-refractivity contribution in [3.05, 3.63) is 57.6 Å². The summed E-state index contributed by atoms with van der Waals surface area (Å²) in [6.07, 6.45) is -4.45. The van der Waals surface area contributed by atoms with Gasteiger partial charge in [0.25, 0.3) is 0 Å². The van der Waals surface area contributed by atoms with E-state index >= 15 is 0 Å². The Hall–Kier alpha value is -1.23. The molecule has 6 heteroatoms. The van der Waals surface area contributed by atoms with Gasteiger partial charge in [0.1, 0.15) is 0 Å². The zero-order valence-corrected chi connectivity index (χ0v) is 11.7. The van der Waals surface area contributed by atoms with Crippen LogP contribution >= 0.6 is 23.2 Å². The number of benzene rings is 2. The molecular formula is C14H10Cl2F3N. The normalized spacial score (nSPS) is 11.7. The highest BCUT2D eigenvalue weighted by molar-refractivity contribution is 6.36. The van der Waals surface area contributed by atoms with E-state index in [2.05, 4.69) is 0 Å². The summed E-state index contributed by atoms with van der Waals surface area (Å²) in [6, 6.07) is 8.63. The van der Waals surface area contributed by atoms with Crippen molar-refractivity contribution in [3.8, 4) is 11.1 Å². The lowest BCUT2D eigenvalue weighted by molar-refractivity contribution is -0.138. The first kappa shape index (κ1) is 15.2. The Labute approximate surface area is 124 Å². The van der Waals surface area contributed by atoms with E-state index in [1.54, 1.807) is 18.2 Å². The second-order valence-electron chi connectivity index (χ2n) is 4.20. The lowest BCUT2D eigenvalue weighted by Gasteiger charge is -2.14. The molecule has 2 aromatic carbocycles. The van der Waals surface area contributed by atoms with Crippen LogP contribution in [0.1, 0.15) is 11.1 Å². The van der Waals surface area contributed by atoms with Crippen molar-refractivity contribution in [1.29, 1.82) is 0 Å². The molecule has 0 aliphatic heterocycles. The number of rotatable bonds is 2. The Balaban J connectivity index is 2.59. The molecule has 1 nitrogen and oxygen atoms in total. The number of halogens is 5. The van der Waals surface area contributed by atoms with Gasteiger partial charge in [0.05, 0.1) is 5.56 Å². The van der Waals surface area contributed by atoms with E-state index in [1.807, 2.05) is 0 Å². The lowest BCUT2D eigenvalue weighted by atomic mass is 9.98. The molecule has 0 aromatic heterocycles. The quantitative estimate of drug-likeness (QED) is 0.815. The van der Waals surface area contributed by atoms with Gasteiger partial charge in [-0.25, -0.2) is 0 Å². The molecule has 0 saturated carbocycles. The molecule has 0 fully saturated rings. The molecule has 0 spiro atoms. The first-order valence-electron chi connectivity index (χ1n) is 5.68. The minimum absolute atomic E-state index is 0.0475. The van der Waals surface area contributed by atoms with Gasteiger partial charge in [-0.15, -0.1) is 0 Å². The van der Waals surface area contributed by atoms with Crippen LogP contribution in [0.3, 0.4) is 0 Å².